The van der Waals surface area contributed by atoms with Gasteiger partial charge in [-0.1, -0.05) is 6.92 Å². The van der Waals surface area contributed by atoms with E-state index in [0.717, 1.165) is 24.4 Å². The number of methoxy groups -OCH3 is 1. The molecule has 0 radical (unpaired) electrons. The zero-order chi connectivity index (χ0) is 13.0. The van der Waals surface area contributed by atoms with Crippen LogP contribution in [0.5, 0.6) is 5.75 Å². The van der Waals surface area contributed by atoms with E-state index in [-0.39, 0.29) is 6.04 Å². The lowest BCUT2D eigenvalue weighted by Crippen LogP contribution is -2.19. The number of aryl methyl sites for hydroxylation is 1. The van der Waals surface area contributed by atoms with Crippen LogP contribution in [0.4, 0.5) is 0 Å². The van der Waals surface area contributed by atoms with Gasteiger partial charge in [0.15, 0.2) is 5.75 Å². The number of aromatic nitrogens is 4. The summed E-state index contributed by atoms with van der Waals surface area (Å²) in [5.41, 5.74) is 7.83. The summed E-state index contributed by atoms with van der Waals surface area (Å²) in [7, 11) is 1.61. The maximum Gasteiger partial charge on any atom is 0.161 e. The van der Waals surface area contributed by atoms with Crippen LogP contribution >= 0.6 is 0 Å². The number of ether oxygens (including phenoxy) is 1. The van der Waals surface area contributed by atoms with Gasteiger partial charge in [0, 0.05) is 12.7 Å². The minimum atomic E-state index is -0.364. The summed E-state index contributed by atoms with van der Waals surface area (Å²) in [5, 5.41) is 4.29. The van der Waals surface area contributed by atoms with Gasteiger partial charge in [-0.25, -0.2) is 9.97 Å². The molecular formula is C12H17N5O. The first-order valence-corrected chi connectivity index (χ1v) is 5.89. The zero-order valence-corrected chi connectivity index (χ0v) is 10.6. The number of nitrogens with two attached hydrogens (primary N) is 1. The van der Waals surface area contributed by atoms with Crippen LogP contribution in [0.2, 0.25) is 0 Å². The van der Waals surface area contributed by atoms with Gasteiger partial charge in [0.2, 0.25) is 0 Å². The molecular weight excluding hydrogens is 230 g/mol. The Kier molecular flexibility index (Phi) is 3.88. The molecule has 0 spiro atoms. The van der Waals surface area contributed by atoms with E-state index in [1.807, 2.05) is 4.68 Å². The molecule has 96 valence electrons. The highest BCUT2D eigenvalue weighted by Crippen LogP contribution is 2.27. The van der Waals surface area contributed by atoms with Gasteiger partial charge in [-0.05, 0) is 12.5 Å². The SMILES string of the molecule is CCCn1ncc(OC)c1C(N)c1ccncn1. The highest BCUT2D eigenvalue weighted by molar-refractivity contribution is 5.33. The fourth-order valence-electron chi connectivity index (χ4n) is 1.86. The van der Waals surface area contributed by atoms with E-state index >= 15 is 0 Å². The average molecular weight is 247 g/mol. The highest BCUT2D eigenvalue weighted by Gasteiger charge is 2.20. The van der Waals surface area contributed by atoms with Crippen LogP contribution in [-0.2, 0) is 6.54 Å². The zero-order valence-electron chi connectivity index (χ0n) is 10.6. The average Bonchev–Trinajstić information content (AvgIpc) is 2.82. The van der Waals surface area contributed by atoms with E-state index in [4.69, 9.17) is 10.5 Å². The second kappa shape index (κ2) is 5.59. The Morgan fingerprint density at radius 3 is 2.94 bits per heavy atom. The second-order valence-electron chi connectivity index (χ2n) is 3.93. The largest absolute Gasteiger partial charge is 0.493 e. The Balaban J connectivity index is 2.39. The van der Waals surface area contributed by atoms with Crippen molar-refractivity contribution in [3.63, 3.8) is 0 Å². The van der Waals surface area contributed by atoms with Crippen molar-refractivity contribution < 1.29 is 4.74 Å². The van der Waals surface area contributed by atoms with Gasteiger partial charge in [0.05, 0.1) is 25.0 Å². The minimum Gasteiger partial charge on any atom is -0.493 e. The fourth-order valence-corrected chi connectivity index (χ4v) is 1.86. The Bertz CT molecular complexity index is 496. The minimum absolute atomic E-state index is 0.364. The smallest absolute Gasteiger partial charge is 0.161 e. The highest BCUT2D eigenvalue weighted by atomic mass is 16.5. The predicted molar refractivity (Wildman–Crippen MR) is 67.1 cm³/mol. The Morgan fingerprint density at radius 1 is 1.50 bits per heavy atom. The molecule has 2 N–H and O–H groups in total. The van der Waals surface area contributed by atoms with Crippen LogP contribution in [-0.4, -0.2) is 26.9 Å². The van der Waals surface area contributed by atoms with Crippen molar-refractivity contribution in [1.82, 2.24) is 19.7 Å². The van der Waals surface area contributed by atoms with E-state index in [0.29, 0.717) is 5.75 Å². The van der Waals surface area contributed by atoms with E-state index in [1.54, 1.807) is 25.6 Å². The monoisotopic (exact) mass is 247 g/mol. The van der Waals surface area contributed by atoms with Crippen LogP contribution < -0.4 is 10.5 Å². The van der Waals surface area contributed by atoms with Gasteiger partial charge in [0.1, 0.15) is 12.0 Å². The van der Waals surface area contributed by atoms with Gasteiger partial charge in [0.25, 0.3) is 0 Å². The first kappa shape index (κ1) is 12.5. The number of rotatable bonds is 5. The Morgan fingerprint density at radius 2 is 2.33 bits per heavy atom. The van der Waals surface area contributed by atoms with Crippen molar-refractivity contribution in [2.45, 2.75) is 25.9 Å². The van der Waals surface area contributed by atoms with Gasteiger partial charge in [-0.3, -0.25) is 4.68 Å². The second-order valence-corrected chi connectivity index (χ2v) is 3.93. The molecule has 0 saturated heterocycles. The van der Waals surface area contributed by atoms with E-state index in [2.05, 4.69) is 22.0 Å². The van der Waals surface area contributed by atoms with Crippen LogP contribution in [0.15, 0.2) is 24.8 Å². The lowest BCUT2D eigenvalue weighted by Gasteiger charge is -2.14. The number of hydrogen-bond donors (Lipinski definition) is 1. The molecule has 0 fully saturated rings. The number of hydrogen-bond acceptors (Lipinski definition) is 5. The molecule has 6 heteroatoms. The molecule has 2 aromatic rings. The normalized spacial score (nSPS) is 12.4. The van der Waals surface area contributed by atoms with E-state index in [9.17, 15) is 0 Å². The van der Waals surface area contributed by atoms with Gasteiger partial charge >= 0.3 is 0 Å². The molecule has 0 aliphatic rings. The van der Waals surface area contributed by atoms with Crippen LogP contribution in [0.25, 0.3) is 0 Å². The molecule has 0 amide bonds. The third kappa shape index (κ3) is 2.33. The lowest BCUT2D eigenvalue weighted by molar-refractivity contribution is 0.403. The first-order chi connectivity index (χ1) is 8.77. The molecule has 0 saturated carbocycles. The van der Waals surface area contributed by atoms with Crippen molar-refractivity contribution in [2.75, 3.05) is 7.11 Å². The molecule has 2 rings (SSSR count). The third-order valence-electron chi connectivity index (χ3n) is 2.72. The van der Waals surface area contributed by atoms with Crippen LogP contribution in [0.1, 0.15) is 30.8 Å². The van der Waals surface area contributed by atoms with Crippen LogP contribution in [0.3, 0.4) is 0 Å². The van der Waals surface area contributed by atoms with Crippen LogP contribution in [0, 0.1) is 0 Å². The third-order valence-corrected chi connectivity index (χ3v) is 2.72. The summed E-state index contributed by atoms with van der Waals surface area (Å²) in [5.74, 6) is 0.689. The molecule has 1 unspecified atom stereocenters. The summed E-state index contributed by atoms with van der Waals surface area (Å²) in [4.78, 5) is 8.07. The van der Waals surface area contributed by atoms with Gasteiger partial charge in [-0.15, -0.1) is 0 Å². The molecule has 2 heterocycles. The molecule has 6 nitrogen and oxygen atoms in total. The maximum atomic E-state index is 6.24. The summed E-state index contributed by atoms with van der Waals surface area (Å²) in [6.07, 6.45) is 5.83. The Labute approximate surface area is 106 Å². The molecule has 0 aromatic carbocycles. The van der Waals surface area contributed by atoms with Crippen molar-refractivity contribution >= 4 is 0 Å². The molecule has 0 aliphatic carbocycles. The van der Waals surface area contributed by atoms with Gasteiger partial charge < -0.3 is 10.5 Å². The molecule has 0 bridgehead atoms. The van der Waals surface area contributed by atoms with E-state index < -0.39 is 0 Å². The molecule has 2 aromatic heterocycles. The predicted octanol–water partition coefficient (Wildman–Crippen LogP) is 1.14. The molecule has 0 aliphatic heterocycles. The first-order valence-electron chi connectivity index (χ1n) is 5.89. The summed E-state index contributed by atoms with van der Waals surface area (Å²) in [6.45, 7) is 2.89. The van der Waals surface area contributed by atoms with Crippen molar-refractivity contribution in [3.8, 4) is 5.75 Å². The quantitative estimate of drug-likeness (QED) is 0.857. The topological polar surface area (TPSA) is 78.9 Å². The fraction of sp³-hybridized carbons (Fsp3) is 0.417. The Hall–Kier alpha value is -1.95. The van der Waals surface area contributed by atoms with Crippen molar-refractivity contribution in [1.29, 1.82) is 0 Å². The maximum absolute atomic E-state index is 6.24. The lowest BCUT2D eigenvalue weighted by atomic mass is 10.1. The number of nitrogens with zero attached hydrogens (tertiary/aromatic N) is 4. The molecule has 1 atom stereocenters. The van der Waals surface area contributed by atoms with E-state index in [1.165, 1.54) is 6.33 Å². The summed E-state index contributed by atoms with van der Waals surface area (Å²) in [6, 6.07) is 1.44. The molecule has 18 heavy (non-hydrogen) atoms. The van der Waals surface area contributed by atoms with Crippen molar-refractivity contribution in [3.05, 3.63) is 36.2 Å². The summed E-state index contributed by atoms with van der Waals surface area (Å²) >= 11 is 0. The van der Waals surface area contributed by atoms with Crippen molar-refractivity contribution in [2.24, 2.45) is 5.73 Å². The standard InChI is InChI=1S/C12H17N5O/c1-3-6-17-12(10(18-2)7-16-17)11(13)9-4-5-14-8-15-9/h4-5,7-8,11H,3,6,13H2,1-2H3. The van der Waals surface area contributed by atoms with Gasteiger partial charge in [-0.2, -0.15) is 5.10 Å². The summed E-state index contributed by atoms with van der Waals surface area (Å²) < 4.78 is 7.17.